The molecule has 0 aliphatic carbocycles. The number of nitrogens with one attached hydrogen (secondary N) is 2. The predicted octanol–water partition coefficient (Wildman–Crippen LogP) is 5.80. The van der Waals surface area contributed by atoms with Crippen molar-refractivity contribution in [2.45, 2.75) is 25.7 Å². The van der Waals surface area contributed by atoms with Crippen molar-refractivity contribution < 1.29 is 9.53 Å². The van der Waals surface area contributed by atoms with Gasteiger partial charge in [-0.15, -0.1) is 0 Å². The number of anilines is 1. The third kappa shape index (κ3) is 4.71. The van der Waals surface area contributed by atoms with Gasteiger partial charge in [0.2, 0.25) is 5.91 Å². The first kappa shape index (κ1) is 22.1. The Morgan fingerprint density at radius 3 is 2.53 bits per heavy atom. The van der Waals surface area contributed by atoms with Crippen LogP contribution in [0.5, 0.6) is 5.75 Å². The van der Waals surface area contributed by atoms with Gasteiger partial charge in [0, 0.05) is 18.8 Å². The van der Waals surface area contributed by atoms with Crippen molar-refractivity contribution in [2.24, 2.45) is 0 Å². The van der Waals surface area contributed by atoms with Crippen molar-refractivity contribution in [1.29, 1.82) is 0 Å². The number of aromatic nitrogens is 3. The Labute approximate surface area is 195 Å². The zero-order valence-corrected chi connectivity index (χ0v) is 19.2. The fraction of sp³-hybridized carbons (Fsp3) is 0.208. The molecule has 0 aliphatic rings. The lowest BCUT2D eigenvalue weighted by Crippen LogP contribution is -2.15. The number of hydrogen-bond donors (Lipinski definition) is 2. The van der Waals surface area contributed by atoms with E-state index >= 15 is 0 Å². The van der Waals surface area contributed by atoms with Gasteiger partial charge in [-0.2, -0.15) is 0 Å². The van der Waals surface area contributed by atoms with Crippen LogP contribution in [0, 0.1) is 0 Å². The highest BCUT2D eigenvalue weighted by Gasteiger charge is 2.18. The van der Waals surface area contributed by atoms with Crippen LogP contribution in [-0.4, -0.2) is 28.0 Å². The van der Waals surface area contributed by atoms with Crippen molar-refractivity contribution in [3.8, 4) is 5.75 Å². The Balaban J connectivity index is 1.60. The average Bonchev–Trinajstić information content (AvgIpc) is 3.21. The lowest BCUT2D eigenvalue weighted by atomic mass is 9.98. The van der Waals surface area contributed by atoms with Crippen molar-refractivity contribution in [2.75, 3.05) is 12.4 Å². The van der Waals surface area contributed by atoms with Gasteiger partial charge < -0.3 is 15.0 Å². The summed E-state index contributed by atoms with van der Waals surface area (Å²) < 4.78 is 5.50. The molecule has 0 saturated carbocycles. The Bertz CT molecular complexity index is 1240. The first-order valence-electron chi connectivity index (χ1n) is 10.1. The molecule has 0 radical (unpaired) electrons. The van der Waals surface area contributed by atoms with E-state index in [0.29, 0.717) is 17.0 Å². The molecule has 6 nitrogen and oxygen atoms in total. The van der Waals surface area contributed by atoms with Gasteiger partial charge in [0.25, 0.3) is 0 Å². The number of amides is 1. The van der Waals surface area contributed by atoms with Gasteiger partial charge in [0.15, 0.2) is 0 Å². The van der Waals surface area contributed by atoms with Gasteiger partial charge in [-0.25, -0.2) is 4.98 Å². The number of hydrogen-bond acceptors (Lipinski definition) is 4. The smallest absolute Gasteiger partial charge is 0.228 e. The molecular formula is C24H22Cl2N4O2. The average molecular weight is 469 g/mol. The number of nitrogens with zero attached hydrogens (tertiary/aromatic N) is 2. The van der Waals surface area contributed by atoms with Crippen LogP contribution in [0.2, 0.25) is 10.0 Å². The first-order chi connectivity index (χ1) is 15.5. The highest BCUT2D eigenvalue weighted by atomic mass is 35.5. The van der Waals surface area contributed by atoms with Crippen LogP contribution in [0.25, 0.3) is 11.0 Å². The summed E-state index contributed by atoms with van der Waals surface area (Å²) in [5, 5.41) is 3.33. The van der Waals surface area contributed by atoms with Crippen molar-refractivity contribution in [3.63, 3.8) is 0 Å². The summed E-state index contributed by atoms with van der Waals surface area (Å²) in [4.78, 5) is 24.8. The van der Waals surface area contributed by atoms with E-state index in [-0.39, 0.29) is 28.3 Å². The molecule has 2 aromatic carbocycles. The number of methoxy groups -OCH3 is 1. The number of pyridine rings is 1. The second-order valence-electron chi connectivity index (χ2n) is 7.55. The summed E-state index contributed by atoms with van der Waals surface area (Å²) in [6.45, 7) is 2.16. The Morgan fingerprint density at radius 1 is 1.12 bits per heavy atom. The summed E-state index contributed by atoms with van der Waals surface area (Å²) >= 11 is 12.2. The molecule has 0 fully saturated rings. The normalized spacial score (nSPS) is 12.0. The SMILES string of the molecule is COc1ccc(CC(=O)Nc2c(Cl)cncc2Cl)c2nc(C[C@H](C)c3ccccc3)[nH]c12. The van der Waals surface area contributed by atoms with Crippen LogP contribution in [0.15, 0.2) is 54.9 Å². The van der Waals surface area contributed by atoms with E-state index in [1.807, 2.05) is 30.3 Å². The zero-order chi connectivity index (χ0) is 22.7. The molecule has 32 heavy (non-hydrogen) atoms. The van der Waals surface area contributed by atoms with Crippen LogP contribution in [0.3, 0.4) is 0 Å². The first-order valence-corrected chi connectivity index (χ1v) is 10.9. The number of benzene rings is 2. The van der Waals surface area contributed by atoms with Gasteiger partial charge in [0.1, 0.15) is 17.1 Å². The van der Waals surface area contributed by atoms with Crippen molar-refractivity contribution in [1.82, 2.24) is 15.0 Å². The van der Waals surface area contributed by atoms with Crippen molar-refractivity contribution in [3.05, 3.63) is 81.9 Å². The summed E-state index contributed by atoms with van der Waals surface area (Å²) in [6, 6.07) is 14.0. The molecule has 0 unspecified atom stereocenters. The number of carbonyl (C=O) groups is 1. The summed E-state index contributed by atoms with van der Waals surface area (Å²) in [7, 11) is 1.61. The fourth-order valence-electron chi connectivity index (χ4n) is 3.66. The maximum absolute atomic E-state index is 12.7. The van der Waals surface area contributed by atoms with E-state index in [0.717, 1.165) is 23.3 Å². The maximum atomic E-state index is 12.7. The summed E-state index contributed by atoms with van der Waals surface area (Å²) in [5.74, 6) is 1.54. The molecule has 0 bridgehead atoms. The van der Waals surface area contributed by atoms with Gasteiger partial charge in [0.05, 0.1) is 34.8 Å². The lowest BCUT2D eigenvalue weighted by Gasteiger charge is -2.10. The van der Waals surface area contributed by atoms with E-state index in [1.54, 1.807) is 7.11 Å². The zero-order valence-electron chi connectivity index (χ0n) is 17.7. The minimum absolute atomic E-state index is 0.105. The third-order valence-corrected chi connectivity index (χ3v) is 5.87. The van der Waals surface area contributed by atoms with Gasteiger partial charge in [-0.3, -0.25) is 9.78 Å². The number of H-pyrrole nitrogens is 1. The highest BCUT2D eigenvalue weighted by Crippen LogP contribution is 2.31. The monoisotopic (exact) mass is 468 g/mol. The van der Waals surface area contributed by atoms with Gasteiger partial charge >= 0.3 is 0 Å². The molecule has 2 heterocycles. The largest absolute Gasteiger partial charge is 0.494 e. The Kier molecular flexibility index (Phi) is 6.63. The number of halogens is 2. The lowest BCUT2D eigenvalue weighted by molar-refractivity contribution is -0.115. The molecule has 0 aliphatic heterocycles. The quantitative estimate of drug-likeness (QED) is 0.359. The van der Waals surface area contributed by atoms with Crippen LogP contribution in [0.1, 0.15) is 29.8 Å². The summed E-state index contributed by atoms with van der Waals surface area (Å²) in [6.07, 6.45) is 3.70. The Morgan fingerprint density at radius 2 is 1.84 bits per heavy atom. The second-order valence-corrected chi connectivity index (χ2v) is 8.37. The minimum Gasteiger partial charge on any atom is -0.494 e. The van der Waals surface area contributed by atoms with Gasteiger partial charge in [-0.05, 0) is 23.1 Å². The molecule has 2 aromatic heterocycles. The third-order valence-electron chi connectivity index (χ3n) is 5.30. The van der Waals surface area contributed by atoms with Crippen LogP contribution >= 0.6 is 23.2 Å². The molecule has 4 rings (SSSR count). The number of fused-ring (bicyclic) bond motifs is 1. The van der Waals surface area contributed by atoms with E-state index in [9.17, 15) is 4.79 Å². The molecule has 8 heteroatoms. The molecule has 0 saturated heterocycles. The van der Waals surface area contributed by atoms with Crippen LogP contribution < -0.4 is 10.1 Å². The highest BCUT2D eigenvalue weighted by molar-refractivity contribution is 6.39. The Hall–Kier alpha value is -3.09. The molecular weight excluding hydrogens is 447 g/mol. The number of aromatic amines is 1. The van der Waals surface area contributed by atoms with Gasteiger partial charge in [-0.1, -0.05) is 66.5 Å². The molecule has 4 aromatic rings. The fourth-order valence-corrected chi connectivity index (χ4v) is 4.12. The topological polar surface area (TPSA) is 79.9 Å². The van der Waals surface area contributed by atoms with E-state index in [4.69, 9.17) is 32.9 Å². The number of ether oxygens (including phenoxy) is 1. The number of imidazole rings is 1. The van der Waals surface area contributed by atoms with Crippen LogP contribution in [0.4, 0.5) is 5.69 Å². The second kappa shape index (κ2) is 9.59. The van der Waals surface area contributed by atoms with Crippen molar-refractivity contribution >= 4 is 45.8 Å². The summed E-state index contributed by atoms with van der Waals surface area (Å²) in [5.41, 5.74) is 3.84. The molecule has 0 spiro atoms. The standard InChI is InChI=1S/C24H22Cl2N4O2/c1-14(15-6-4-3-5-7-15)10-20-28-22-16(8-9-19(32-2)24(22)29-20)11-21(31)30-23-17(25)12-27-13-18(23)26/h3-9,12-14H,10-11H2,1-2H3,(H,28,29)(H,27,30,31)/t14-/m0/s1. The maximum Gasteiger partial charge on any atom is 0.228 e. The van der Waals surface area contributed by atoms with E-state index in [1.165, 1.54) is 18.0 Å². The van der Waals surface area contributed by atoms with E-state index < -0.39 is 0 Å². The molecule has 164 valence electrons. The molecule has 1 atom stereocenters. The van der Waals surface area contributed by atoms with E-state index in [2.05, 4.69) is 34.3 Å². The minimum atomic E-state index is -0.256. The number of carbonyl (C=O) groups excluding carboxylic acids is 1. The molecule has 1 amide bonds. The molecule has 2 N–H and O–H groups in total. The predicted molar refractivity (Wildman–Crippen MR) is 128 cm³/mol. The van der Waals surface area contributed by atoms with Crippen LogP contribution in [-0.2, 0) is 17.6 Å². The number of rotatable bonds is 7.